The quantitative estimate of drug-likeness (QED) is 0.827. The normalized spacial score (nSPS) is 32.0. The molecule has 0 radical (unpaired) electrons. The van der Waals surface area contributed by atoms with Crippen molar-refractivity contribution < 1.29 is 24.2 Å². The summed E-state index contributed by atoms with van der Waals surface area (Å²) in [6.45, 7) is 1.74. The van der Waals surface area contributed by atoms with E-state index in [2.05, 4.69) is 5.32 Å². The number of amides is 1. The van der Waals surface area contributed by atoms with Crippen LogP contribution in [-0.2, 0) is 14.3 Å². The molecule has 1 aromatic carbocycles. The topological polar surface area (TPSA) is 84.9 Å². The van der Waals surface area contributed by atoms with Gasteiger partial charge in [0.05, 0.1) is 30.4 Å². The number of aliphatic carboxylic acids is 1. The molecule has 0 aliphatic carbocycles. The minimum Gasteiger partial charge on any atom is -0.495 e. The van der Waals surface area contributed by atoms with Crippen LogP contribution in [0, 0.1) is 11.8 Å². The number of benzene rings is 1. The Balaban J connectivity index is 1.88. The number of nitrogens with one attached hydrogen (secondary N) is 1. The first-order valence-electron chi connectivity index (χ1n) is 7.00. The molecule has 1 saturated heterocycles. The third kappa shape index (κ3) is 2.16. The number of carboxylic acids is 1. The smallest absolute Gasteiger partial charge is 0.310 e. The van der Waals surface area contributed by atoms with Gasteiger partial charge in [-0.05, 0) is 19.1 Å². The van der Waals surface area contributed by atoms with Crippen LogP contribution in [0.3, 0.4) is 0 Å². The molecule has 116 valence electrons. The molecule has 2 aliphatic heterocycles. The number of para-hydroxylation sites is 2. The predicted octanol–water partition coefficient (Wildman–Crippen LogP) is 1.68. The van der Waals surface area contributed by atoms with Crippen molar-refractivity contribution in [1.29, 1.82) is 0 Å². The Bertz CT molecular complexity index is 656. The van der Waals surface area contributed by atoms with E-state index in [9.17, 15) is 14.7 Å². The van der Waals surface area contributed by atoms with Crippen molar-refractivity contribution in [3.05, 3.63) is 36.4 Å². The number of ether oxygens (including phenoxy) is 2. The van der Waals surface area contributed by atoms with Crippen LogP contribution in [0.1, 0.15) is 6.92 Å². The van der Waals surface area contributed by atoms with Crippen molar-refractivity contribution in [3.8, 4) is 5.75 Å². The van der Waals surface area contributed by atoms with Gasteiger partial charge in [-0.3, -0.25) is 9.59 Å². The first-order chi connectivity index (χ1) is 10.5. The van der Waals surface area contributed by atoms with E-state index >= 15 is 0 Å². The summed E-state index contributed by atoms with van der Waals surface area (Å²) in [6, 6.07) is 6.99. The van der Waals surface area contributed by atoms with Gasteiger partial charge in [0.1, 0.15) is 11.7 Å². The predicted molar refractivity (Wildman–Crippen MR) is 78.7 cm³/mol. The van der Waals surface area contributed by atoms with E-state index in [-0.39, 0.29) is 5.91 Å². The number of anilines is 1. The third-order valence-electron chi connectivity index (χ3n) is 4.27. The van der Waals surface area contributed by atoms with E-state index in [1.807, 2.05) is 0 Å². The van der Waals surface area contributed by atoms with Gasteiger partial charge in [0.25, 0.3) is 0 Å². The number of rotatable bonds is 4. The van der Waals surface area contributed by atoms with E-state index < -0.39 is 29.5 Å². The van der Waals surface area contributed by atoms with E-state index in [1.165, 1.54) is 7.11 Å². The minimum absolute atomic E-state index is 0.383. The van der Waals surface area contributed by atoms with Crippen molar-refractivity contribution >= 4 is 17.6 Å². The molecule has 2 bridgehead atoms. The zero-order valence-electron chi connectivity index (χ0n) is 12.3. The third-order valence-corrected chi connectivity index (χ3v) is 4.27. The molecule has 1 fully saturated rings. The molecule has 2 heterocycles. The summed E-state index contributed by atoms with van der Waals surface area (Å²) < 4.78 is 10.9. The Morgan fingerprint density at radius 2 is 2.09 bits per heavy atom. The van der Waals surface area contributed by atoms with Gasteiger partial charge in [0.2, 0.25) is 5.91 Å². The van der Waals surface area contributed by atoms with Gasteiger partial charge in [-0.2, -0.15) is 0 Å². The standard InChI is InChI=1S/C16H17NO5/c1-16-8-7-11(22-16)12(15(19)20)13(16)14(18)17-9-5-3-4-6-10(9)21-2/h3-8,11-13H,1-2H3,(H,17,18)(H,19,20). The monoisotopic (exact) mass is 303 g/mol. The first kappa shape index (κ1) is 14.6. The van der Waals surface area contributed by atoms with E-state index in [0.717, 1.165) is 0 Å². The van der Waals surface area contributed by atoms with Crippen LogP contribution >= 0.6 is 0 Å². The van der Waals surface area contributed by atoms with Crippen LogP contribution in [0.25, 0.3) is 0 Å². The molecule has 1 aromatic rings. The summed E-state index contributed by atoms with van der Waals surface area (Å²) in [5, 5.41) is 12.2. The number of fused-ring (bicyclic) bond motifs is 2. The Morgan fingerprint density at radius 1 is 1.36 bits per heavy atom. The largest absolute Gasteiger partial charge is 0.495 e. The fourth-order valence-corrected chi connectivity index (χ4v) is 3.24. The maximum atomic E-state index is 12.6. The lowest BCUT2D eigenvalue weighted by molar-refractivity contribution is -0.146. The van der Waals surface area contributed by atoms with Crippen molar-refractivity contribution in [2.45, 2.75) is 18.6 Å². The van der Waals surface area contributed by atoms with Gasteiger partial charge in [-0.15, -0.1) is 0 Å². The number of carbonyl (C=O) groups is 2. The van der Waals surface area contributed by atoms with E-state index in [0.29, 0.717) is 11.4 Å². The summed E-state index contributed by atoms with van der Waals surface area (Å²) >= 11 is 0. The molecule has 0 saturated carbocycles. The lowest BCUT2D eigenvalue weighted by atomic mass is 9.75. The highest BCUT2D eigenvalue weighted by molar-refractivity contribution is 5.98. The van der Waals surface area contributed by atoms with E-state index in [1.54, 1.807) is 43.3 Å². The van der Waals surface area contributed by atoms with Gasteiger partial charge in [-0.1, -0.05) is 24.3 Å². The van der Waals surface area contributed by atoms with Crippen molar-refractivity contribution in [3.63, 3.8) is 0 Å². The molecule has 0 aromatic heterocycles. The number of hydrogen-bond acceptors (Lipinski definition) is 4. The van der Waals surface area contributed by atoms with Crippen molar-refractivity contribution in [2.24, 2.45) is 11.8 Å². The highest BCUT2D eigenvalue weighted by atomic mass is 16.5. The zero-order chi connectivity index (χ0) is 15.9. The molecule has 22 heavy (non-hydrogen) atoms. The Morgan fingerprint density at radius 3 is 2.77 bits per heavy atom. The average Bonchev–Trinajstić information content (AvgIpc) is 3.00. The van der Waals surface area contributed by atoms with Gasteiger partial charge in [0.15, 0.2) is 0 Å². The Labute approximate surface area is 127 Å². The van der Waals surface area contributed by atoms with Crippen LogP contribution in [0.5, 0.6) is 5.75 Å². The summed E-state index contributed by atoms with van der Waals surface area (Å²) in [4.78, 5) is 24.2. The van der Waals surface area contributed by atoms with Gasteiger partial charge in [0, 0.05) is 0 Å². The van der Waals surface area contributed by atoms with Gasteiger partial charge in [-0.25, -0.2) is 0 Å². The molecule has 1 amide bonds. The minimum atomic E-state index is -1.03. The summed E-state index contributed by atoms with van der Waals surface area (Å²) in [5.41, 5.74) is -0.380. The molecular weight excluding hydrogens is 286 g/mol. The van der Waals surface area contributed by atoms with Crippen LogP contribution in [0.4, 0.5) is 5.69 Å². The molecule has 3 rings (SSSR count). The highest BCUT2D eigenvalue weighted by Gasteiger charge is 2.59. The van der Waals surface area contributed by atoms with Crippen LogP contribution in [-0.4, -0.2) is 35.8 Å². The molecular formula is C16H17NO5. The first-order valence-corrected chi connectivity index (χ1v) is 7.00. The second kappa shape index (κ2) is 5.14. The Kier molecular flexibility index (Phi) is 3.41. The number of methoxy groups -OCH3 is 1. The molecule has 0 spiro atoms. The average molecular weight is 303 g/mol. The van der Waals surface area contributed by atoms with E-state index in [4.69, 9.17) is 9.47 Å². The zero-order valence-corrected chi connectivity index (χ0v) is 12.3. The second-order valence-electron chi connectivity index (χ2n) is 5.66. The SMILES string of the molecule is COc1ccccc1NC(=O)C1C(C(=O)O)C2C=CC1(C)O2. The number of carbonyl (C=O) groups excluding carboxylic acids is 1. The fraction of sp³-hybridized carbons (Fsp3) is 0.375. The molecule has 2 N–H and O–H groups in total. The van der Waals surface area contributed by atoms with Crippen LogP contribution < -0.4 is 10.1 Å². The molecule has 4 unspecified atom stereocenters. The summed E-state index contributed by atoms with van der Waals surface area (Å²) in [6.07, 6.45) is 2.92. The molecule has 2 aliphatic rings. The van der Waals surface area contributed by atoms with Crippen molar-refractivity contribution in [1.82, 2.24) is 0 Å². The Hall–Kier alpha value is -2.34. The lowest BCUT2D eigenvalue weighted by Crippen LogP contribution is -2.44. The second-order valence-corrected chi connectivity index (χ2v) is 5.66. The summed E-state index contributed by atoms with van der Waals surface area (Å²) in [5.74, 6) is -2.56. The van der Waals surface area contributed by atoms with Crippen LogP contribution in [0.2, 0.25) is 0 Å². The van der Waals surface area contributed by atoms with Crippen molar-refractivity contribution in [2.75, 3.05) is 12.4 Å². The number of hydrogen-bond donors (Lipinski definition) is 2. The molecule has 6 nitrogen and oxygen atoms in total. The maximum absolute atomic E-state index is 12.6. The lowest BCUT2D eigenvalue weighted by Gasteiger charge is -2.28. The fourth-order valence-electron chi connectivity index (χ4n) is 3.24. The van der Waals surface area contributed by atoms with Gasteiger partial charge < -0.3 is 19.9 Å². The maximum Gasteiger partial charge on any atom is 0.310 e. The number of carboxylic acid groups (broad SMARTS) is 1. The summed E-state index contributed by atoms with van der Waals surface area (Å²) in [7, 11) is 1.51. The van der Waals surface area contributed by atoms with Gasteiger partial charge >= 0.3 is 5.97 Å². The van der Waals surface area contributed by atoms with Crippen LogP contribution in [0.15, 0.2) is 36.4 Å². The molecule has 4 atom stereocenters. The molecule has 6 heteroatoms. The highest BCUT2D eigenvalue weighted by Crippen LogP contribution is 2.47.